The van der Waals surface area contributed by atoms with Crippen LogP contribution in [-0.2, 0) is 0 Å². The molecule has 0 aliphatic carbocycles. The minimum Gasteiger partial charge on any atom is -0.458 e. The van der Waals surface area contributed by atoms with Crippen LogP contribution in [0.15, 0.2) is 253 Å². The van der Waals surface area contributed by atoms with E-state index in [2.05, 4.69) is 254 Å². The van der Waals surface area contributed by atoms with Gasteiger partial charge in [-0.25, -0.2) is 0 Å². The Morgan fingerprint density at radius 2 is 0.754 bits per heavy atom. The fourth-order valence-electron chi connectivity index (χ4n) is 11.2. The third-order valence-corrected chi connectivity index (χ3v) is 24.2. The standard InChI is InChI=1S/C60H41NO2Si2/c1-5-19-42(20-6-1)43-33-36-49-50-37-34-45(40-54(50)63-53(49)39-43)61(44-21-7-2-8-22-44)46-35-38-59-60(41-46)65(55-29-15-13-27-51(55)62-52-28-14-16-30-56(52)65)58-32-18-17-31-57(58)64(59,47-23-9-3-10-24-47)48-25-11-4-12-26-48/h1-41H. The van der Waals surface area contributed by atoms with Crippen molar-refractivity contribution in [3.05, 3.63) is 249 Å². The lowest BCUT2D eigenvalue weighted by molar-refractivity contribution is 0.487. The molecule has 0 unspecified atom stereocenters. The summed E-state index contributed by atoms with van der Waals surface area (Å²) in [6, 6.07) is 91.8. The summed E-state index contributed by atoms with van der Waals surface area (Å²) in [5.74, 6) is 1.87. The van der Waals surface area contributed by atoms with Crippen LogP contribution in [0.2, 0.25) is 0 Å². The molecular formula is C60H41NO2Si2. The van der Waals surface area contributed by atoms with E-state index in [4.69, 9.17) is 9.15 Å². The molecule has 0 saturated heterocycles. The van der Waals surface area contributed by atoms with Crippen molar-refractivity contribution >= 4 is 96.6 Å². The van der Waals surface area contributed by atoms with Crippen LogP contribution in [0.1, 0.15) is 0 Å². The molecule has 3 nitrogen and oxygen atoms in total. The summed E-state index contributed by atoms with van der Waals surface area (Å²) in [4.78, 5) is 2.41. The molecule has 0 bridgehead atoms. The number of rotatable bonds is 6. The van der Waals surface area contributed by atoms with E-state index >= 15 is 0 Å². The summed E-state index contributed by atoms with van der Waals surface area (Å²) < 4.78 is 13.7. The zero-order chi connectivity index (χ0) is 43.0. The van der Waals surface area contributed by atoms with Gasteiger partial charge in [0.25, 0.3) is 0 Å². The lowest BCUT2D eigenvalue weighted by Gasteiger charge is -2.50. The first-order valence-electron chi connectivity index (χ1n) is 22.3. The van der Waals surface area contributed by atoms with Crippen LogP contribution in [-0.4, -0.2) is 16.1 Å². The third-order valence-electron chi connectivity index (χ3n) is 13.9. The molecule has 0 saturated carbocycles. The second kappa shape index (κ2) is 14.8. The predicted octanol–water partition coefficient (Wildman–Crippen LogP) is 9.90. The van der Waals surface area contributed by atoms with Gasteiger partial charge in [-0.15, -0.1) is 0 Å². The molecule has 5 heteroatoms. The second-order valence-electron chi connectivity index (χ2n) is 17.1. The number of hydrogen-bond donors (Lipinski definition) is 0. The number of benzene rings is 10. The molecule has 0 amide bonds. The number of hydrogen-bond acceptors (Lipinski definition) is 3. The molecule has 1 spiro atoms. The average molecular weight is 864 g/mol. The van der Waals surface area contributed by atoms with Gasteiger partial charge in [0.05, 0.1) is 0 Å². The highest BCUT2D eigenvalue weighted by Crippen LogP contribution is 2.40. The maximum absolute atomic E-state index is 6.90. The molecular weight excluding hydrogens is 823 g/mol. The highest BCUT2D eigenvalue weighted by molar-refractivity contribution is 7.33. The van der Waals surface area contributed by atoms with E-state index in [-0.39, 0.29) is 0 Å². The molecule has 13 rings (SSSR count). The van der Waals surface area contributed by atoms with Gasteiger partial charge in [0.1, 0.15) is 22.7 Å². The fraction of sp³-hybridized carbons (Fsp3) is 0. The maximum Gasteiger partial charge on any atom is 0.188 e. The molecule has 0 fully saturated rings. The van der Waals surface area contributed by atoms with Crippen LogP contribution in [0.5, 0.6) is 11.5 Å². The molecule has 0 radical (unpaired) electrons. The van der Waals surface area contributed by atoms with Crippen LogP contribution in [0.3, 0.4) is 0 Å². The maximum atomic E-state index is 6.90. The first-order valence-corrected chi connectivity index (χ1v) is 26.3. The Labute approximate surface area is 380 Å². The number of anilines is 3. The highest BCUT2D eigenvalue weighted by atomic mass is 28.3. The zero-order valence-electron chi connectivity index (χ0n) is 35.4. The molecule has 1 aromatic heterocycles. The van der Waals surface area contributed by atoms with Gasteiger partial charge < -0.3 is 14.1 Å². The van der Waals surface area contributed by atoms with Crippen molar-refractivity contribution in [1.29, 1.82) is 0 Å². The van der Waals surface area contributed by atoms with Crippen LogP contribution < -0.4 is 51.1 Å². The molecule has 3 heterocycles. The Morgan fingerprint density at radius 1 is 0.292 bits per heavy atom. The predicted molar refractivity (Wildman–Crippen MR) is 275 cm³/mol. The zero-order valence-corrected chi connectivity index (χ0v) is 37.4. The number of para-hydroxylation sites is 3. The molecule has 2 aliphatic rings. The monoisotopic (exact) mass is 863 g/mol. The number of furan rings is 1. The summed E-state index contributed by atoms with van der Waals surface area (Å²) in [6.07, 6.45) is 0. The molecule has 306 valence electrons. The van der Waals surface area contributed by atoms with Crippen molar-refractivity contribution in [1.82, 2.24) is 0 Å². The Hall–Kier alpha value is -7.97. The van der Waals surface area contributed by atoms with Gasteiger partial charge in [-0.1, -0.05) is 182 Å². The lowest BCUT2D eigenvalue weighted by atomic mass is 10.0. The first-order chi connectivity index (χ1) is 32.2. The summed E-state index contributed by atoms with van der Waals surface area (Å²) >= 11 is 0. The van der Waals surface area contributed by atoms with Crippen LogP contribution in [0.4, 0.5) is 17.1 Å². The second-order valence-corrected chi connectivity index (χ2v) is 24.5. The van der Waals surface area contributed by atoms with Crippen LogP contribution >= 0.6 is 0 Å². The minimum absolute atomic E-state index is 0.855. The summed E-state index contributed by atoms with van der Waals surface area (Å²) in [6.45, 7) is 0. The van der Waals surface area contributed by atoms with Crippen LogP contribution in [0.25, 0.3) is 33.1 Å². The van der Waals surface area contributed by atoms with Crippen molar-refractivity contribution < 1.29 is 9.15 Å². The SMILES string of the molecule is c1ccc(-c2ccc3c(c2)oc2cc(N(c4ccccc4)c4ccc5c(c4)[Si]4(c6ccccc6Oc6ccccc64)c4ccccc4[Si]5(c4ccccc4)c4ccccc4)ccc23)cc1. The van der Waals surface area contributed by atoms with Gasteiger partial charge in [-0.3, -0.25) is 0 Å². The van der Waals surface area contributed by atoms with Crippen molar-refractivity contribution in [2.24, 2.45) is 0 Å². The number of fused-ring (bicyclic) bond motifs is 11. The molecule has 65 heavy (non-hydrogen) atoms. The van der Waals surface area contributed by atoms with Gasteiger partial charge in [0, 0.05) is 33.9 Å². The largest absolute Gasteiger partial charge is 0.458 e. The first kappa shape index (κ1) is 37.6. The van der Waals surface area contributed by atoms with Crippen molar-refractivity contribution in [3.8, 4) is 22.6 Å². The number of nitrogens with zero attached hydrogens (tertiary/aromatic N) is 1. The van der Waals surface area contributed by atoms with E-state index in [0.717, 1.165) is 56.1 Å². The Balaban J connectivity index is 1.12. The van der Waals surface area contributed by atoms with E-state index in [0.29, 0.717) is 0 Å². The van der Waals surface area contributed by atoms with E-state index in [1.54, 1.807) is 0 Å². The molecule has 11 aromatic rings. The van der Waals surface area contributed by atoms with Gasteiger partial charge >= 0.3 is 0 Å². The van der Waals surface area contributed by atoms with E-state index < -0.39 is 16.1 Å². The summed E-state index contributed by atoms with van der Waals surface area (Å²) in [5.41, 5.74) is 7.23. The average Bonchev–Trinajstić information content (AvgIpc) is 3.75. The Kier molecular flexibility index (Phi) is 8.56. The summed E-state index contributed by atoms with van der Waals surface area (Å²) in [5, 5.41) is 13.2. The van der Waals surface area contributed by atoms with Gasteiger partial charge in [-0.05, 0) is 113 Å². The van der Waals surface area contributed by atoms with Crippen molar-refractivity contribution in [2.75, 3.05) is 4.90 Å². The fourth-order valence-corrected chi connectivity index (χ4v) is 23.5. The van der Waals surface area contributed by atoms with E-state index in [1.807, 2.05) is 0 Å². The van der Waals surface area contributed by atoms with Crippen molar-refractivity contribution in [3.63, 3.8) is 0 Å². The van der Waals surface area contributed by atoms with Crippen molar-refractivity contribution in [2.45, 2.75) is 0 Å². The van der Waals surface area contributed by atoms with Crippen LogP contribution in [0, 0.1) is 0 Å². The summed E-state index contributed by atoms with van der Waals surface area (Å²) in [7, 11) is -6.09. The minimum atomic E-state index is -3.12. The number of ether oxygens (including phenoxy) is 1. The van der Waals surface area contributed by atoms with Gasteiger partial charge in [-0.2, -0.15) is 0 Å². The van der Waals surface area contributed by atoms with Gasteiger partial charge in [0.2, 0.25) is 0 Å². The topological polar surface area (TPSA) is 25.6 Å². The Morgan fingerprint density at radius 3 is 1.38 bits per heavy atom. The normalized spacial score (nSPS) is 13.9. The molecule has 2 aliphatic heterocycles. The molecule has 0 N–H and O–H groups in total. The third kappa shape index (κ3) is 5.53. The highest BCUT2D eigenvalue weighted by Gasteiger charge is 2.59. The van der Waals surface area contributed by atoms with E-state index in [9.17, 15) is 0 Å². The molecule has 0 atom stereocenters. The Bertz CT molecular complexity index is 3510. The van der Waals surface area contributed by atoms with E-state index in [1.165, 1.54) is 47.1 Å². The smallest absolute Gasteiger partial charge is 0.188 e. The van der Waals surface area contributed by atoms with Gasteiger partial charge in [0.15, 0.2) is 16.1 Å². The molecule has 10 aromatic carbocycles. The lowest BCUT2D eigenvalue weighted by Crippen LogP contribution is -2.93. The quantitative estimate of drug-likeness (QED) is 0.156.